The van der Waals surface area contributed by atoms with Gasteiger partial charge in [0.05, 0.1) is 10.9 Å². The largest absolute Gasteiger partial charge is 0.484 e. The molecule has 2 rings (SSSR count). The van der Waals surface area contributed by atoms with Crippen LogP contribution >= 0.6 is 0 Å². The highest BCUT2D eigenvalue weighted by molar-refractivity contribution is 7.89. The average Bonchev–Trinajstić information content (AvgIpc) is 2.66. The lowest BCUT2D eigenvalue weighted by Crippen LogP contribution is -2.32. The summed E-state index contributed by atoms with van der Waals surface area (Å²) >= 11 is 0. The molecule has 8 heteroatoms. The molecular formula is C20H25FN2O4S. The number of carbonyl (C=O) groups excluding carboxylic acids is 1. The van der Waals surface area contributed by atoms with Gasteiger partial charge >= 0.3 is 0 Å². The zero-order valence-electron chi connectivity index (χ0n) is 16.1. The third-order valence-electron chi connectivity index (χ3n) is 4.22. The summed E-state index contributed by atoms with van der Waals surface area (Å²) in [5.74, 6) is -0.297. The second-order valence-corrected chi connectivity index (χ2v) is 8.25. The molecule has 0 saturated carbocycles. The lowest BCUT2D eigenvalue weighted by molar-refractivity contribution is -0.123. The van der Waals surface area contributed by atoms with Crippen LogP contribution in [-0.4, -0.2) is 27.0 Å². The fraction of sp³-hybridized carbons (Fsp3) is 0.350. The number of hydrogen-bond acceptors (Lipinski definition) is 4. The van der Waals surface area contributed by atoms with Gasteiger partial charge in [0.15, 0.2) is 6.61 Å². The normalized spacial score (nSPS) is 13.6. The van der Waals surface area contributed by atoms with Crippen molar-refractivity contribution in [2.45, 2.75) is 44.2 Å². The predicted octanol–water partition coefficient (Wildman–Crippen LogP) is 3.16. The summed E-state index contributed by atoms with van der Waals surface area (Å²) in [6.45, 7) is 5.25. The zero-order chi connectivity index (χ0) is 20.7. The van der Waals surface area contributed by atoms with E-state index in [1.54, 1.807) is 26.0 Å². The van der Waals surface area contributed by atoms with Gasteiger partial charge in [-0.15, -0.1) is 0 Å². The summed E-state index contributed by atoms with van der Waals surface area (Å²) < 4.78 is 45.4. The molecule has 2 N–H and O–H groups in total. The van der Waals surface area contributed by atoms with E-state index in [1.165, 1.54) is 36.4 Å². The molecule has 0 saturated heterocycles. The van der Waals surface area contributed by atoms with Gasteiger partial charge in [-0.2, -0.15) is 0 Å². The highest BCUT2D eigenvalue weighted by atomic mass is 32.2. The first-order chi connectivity index (χ1) is 13.2. The summed E-state index contributed by atoms with van der Waals surface area (Å²) in [5.41, 5.74) is 0.776. The Morgan fingerprint density at radius 2 is 1.68 bits per heavy atom. The van der Waals surface area contributed by atoms with Crippen LogP contribution in [-0.2, 0) is 14.8 Å². The Kier molecular flexibility index (Phi) is 7.53. The number of halogens is 1. The molecule has 152 valence electrons. The standard InChI is InChI=1S/C20H25FN2O4S/c1-4-14(2)23-28(25,26)19-11-9-18(10-12-19)27-13-20(24)22-15(3)16-5-7-17(21)8-6-16/h5-12,14-15,23H,4,13H2,1-3H3,(H,22,24)/t14-,15+/m0/s1. The van der Waals surface area contributed by atoms with Crippen LogP contribution in [0.25, 0.3) is 0 Å². The van der Waals surface area contributed by atoms with Crippen LogP contribution in [0.4, 0.5) is 4.39 Å². The average molecular weight is 408 g/mol. The highest BCUT2D eigenvalue weighted by Crippen LogP contribution is 2.17. The van der Waals surface area contributed by atoms with Crippen LogP contribution in [0, 0.1) is 5.82 Å². The molecule has 0 spiro atoms. The second kappa shape index (κ2) is 9.66. The van der Waals surface area contributed by atoms with Crippen molar-refractivity contribution in [3.05, 3.63) is 59.9 Å². The van der Waals surface area contributed by atoms with Crippen molar-refractivity contribution in [3.63, 3.8) is 0 Å². The summed E-state index contributed by atoms with van der Waals surface area (Å²) in [4.78, 5) is 12.2. The third-order valence-corrected chi connectivity index (χ3v) is 5.83. The lowest BCUT2D eigenvalue weighted by atomic mass is 10.1. The van der Waals surface area contributed by atoms with E-state index in [0.29, 0.717) is 12.2 Å². The second-order valence-electron chi connectivity index (χ2n) is 6.53. The van der Waals surface area contributed by atoms with Gasteiger partial charge in [0.1, 0.15) is 11.6 Å². The van der Waals surface area contributed by atoms with E-state index < -0.39 is 10.0 Å². The number of hydrogen-bond donors (Lipinski definition) is 2. The first kappa shape index (κ1) is 21.8. The zero-order valence-corrected chi connectivity index (χ0v) is 16.9. The quantitative estimate of drug-likeness (QED) is 0.668. The summed E-state index contributed by atoms with van der Waals surface area (Å²) in [6.07, 6.45) is 0.686. The van der Waals surface area contributed by atoms with Crippen molar-refractivity contribution in [1.82, 2.24) is 10.0 Å². The maximum atomic E-state index is 13.0. The van der Waals surface area contributed by atoms with Crippen molar-refractivity contribution in [3.8, 4) is 5.75 Å². The van der Waals surface area contributed by atoms with E-state index in [0.717, 1.165) is 5.56 Å². The summed E-state index contributed by atoms with van der Waals surface area (Å²) in [6, 6.07) is 11.3. The number of amides is 1. The minimum atomic E-state index is -3.58. The first-order valence-electron chi connectivity index (χ1n) is 9.01. The summed E-state index contributed by atoms with van der Waals surface area (Å²) in [7, 11) is -3.58. The molecule has 6 nitrogen and oxygen atoms in total. The molecule has 2 atom stereocenters. The fourth-order valence-corrected chi connectivity index (χ4v) is 3.72. The van der Waals surface area contributed by atoms with Crippen LogP contribution in [0.2, 0.25) is 0 Å². The monoisotopic (exact) mass is 408 g/mol. The van der Waals surface area contributed by atoms with Crippen molar-refractivity contribution in [2.75, 3.05) is 6.61 Å². The Bertz CT molecular complexity index is 883. The Hall–Kier alpha value is -2.45. The summed E-state index contributed by atoms with van der Waals surface area (Å²) in [5, 5.41) is 2.76. The smallest absolute Gasteiger partial charge is 0.258 e. The van der Waals surface area contributed by atoms with Crippen LogP contribution in [0.15, 0.2) is 53.4 Å². The van der Waals surface area contributed by atoms with Gasteiger partial charge in [-0.1, -0.05) is 19.1 Å². The molecule has 28 heavy (non-hydrogen) atoms. The SMILES string of the molecule is CC[C@H](C)NS(=O)(=O)c1ccc(OCC(=O)N[C@H](C)c2ccc(F)cc2)cc1. The molecule has 0 radical (unpaired) electrons. The van der Waals surface area contributed by atoms with Gasteiger partial charge in [-0.25, -0.2) is 17.5 Å². The van der Waals surface area contributed by atoms with Gasteiger partial charge in [0.2, 0.25) is 10.0 Å². The number of nitrogens with one attached hydrogen (secondary N) is 2. The number of sulfonamides is 1. The lowest BCUT2D eigenvalue weighted by Gasteiger charge is -2.15. The number of rotatable bonds is 9. The van der Waals surface area contributed by atoms with Gasteiger partial charge in [-0.05, 0) is 62.2 Å². The molecule has 2 aromatic rings. The number of carbonyl (C=O) groups is 1. The van der Waals surface area contributed by atoms with Gasteiger partial charge in [0, 0.05) is 6.04 Å². The Balaban J connectivity index is 1.88. The van der Waals surface area contributed by atoms with E-state index in [4.69, 9.17) is 4.74 Å². The Morgan fingerprint density at radius 1 is 1.07 bits per heavy atom. The minimum Gasteiger partial charge on any atom is -0.484 e. The van der Waals surface area contributed by atoms with Crippen LogP contribution < -0.4 is 14.8 Å². The molecule has 0 aliphatic heterocycles. The maximum Gasteiger partial charge on any atom is 0.258 e. The number of ether oxygens (including phenoxy) is 1. The molecule has 0 aliphatic rings. The van der Waals surface area contributed by atoms with Crippen molar-refractivity contribution >= 4 is 15.9 Å². The Labute approximate surface area is 165 Å². The molecule has 0 heterocycles. The molecule has 0 aromatic heterocycles. The molecule has 0 unspecified atom stereocenters. The van der Waals surface area contributed by atoms with Gasteiger partial charge < -0.3 is 10.1 Å². The minimum absolute atomic E-state index is 0.134. The van der Waals surface area contributed by atoms with Crippen molar-refractivity contribution in [2.24, 2.45) is 0 Å². The maximum absolute atomic E-state index is 13.0. The Morgan fingerprint density at radius 3 is 2.25 bits per heavy atom. The third kappa shape index (κ3) is 6.31. The van der Waals surface area contributed by atoms with Crippen molar-refractivity contribution in [1.29, 1.82) is 0 Å². The van der Waals surface area contributed by atoms with Crippen LogP contribution in [0.1, 0.15) is 38.8 Å². The van der Waals surface area contributed by atoms with Crippen LogP contribution in [0.3, 0.4) is 0 Å². The van der Waals surface area contributed by atoms with Crippen molar-refractivity contribution < 1.29 is 22.3 Å². The number of benzene rings is 2. The first-order valence-corrected chi connectivity index (χ1v) is 10.5. The van der Waals surface area contributed by atoms with E-state index in [-0.39, 0.29) is 35.3 Å². The molecular weight excluding hydrogens is 383 g/mol. The highest BCUT2D eigenvalue weighted by Gasteiger charge is 2.16. The molecule has 0 fully saturated rings. The van der Waals surface area contributed by atoms with E-state index in [9.17, 15) is 17.6 Å². The molecule has 0 aliphatic carbocycles. The van der Waals surface area contributed by atoms with Crippen LogP contribution in [0.5, 0.6) is 5.75 Å². The fourth-order valence-electron chi connectivity index (χ4n) is 2.40. The molecule has 2 aromatic carbocycles. The van der Waals surface area contributed by atoms with Gasteiger partial charge in [-0.3, -0.25) is 4.79 Å². The predicted molar refractivity (Wildman–Crippen MR) is 105 cm³/mol. The van der Waals surface area contributed by atoms with E-state index >= 15 is 0 Å². The molecule has 0 bridgehead atoms. The topological polar surface area (TPSA) is 84.5 Å². The van der Waals surface area contributed by atoms with E-state index in [2.05, 4.69) is 10.0 Å². The van der Waals surface area contributed by atoms with E-state index in [1.807, 2.05) is 6.92 Å². The molecule has 1 amide bonds. The van der Waals surface area contributed by atoms with Gasteiger partial charge in [0.25, 0.3) is 5.91 Å².